The van der Waals surface area contributed by atoms with Gasteiger partial charge in [-0.2, -0.15) is 0 Å². The first kappa shape index (κ1) is 27.4. The van der Waals surface area contributed by atoms with Gasteiger partial charge in [0.25, 0.3) is 0 Å². The Balaban J connectivity index is 1.48. The molecule has 0 heterocycles. The van der Waals surface area contributed by atoms with Crippen LogP contribution in [0.5, 0.6) is 0 Å². The Bertz CT molecular complexity index is 869. The lowest BCUT2D eigenvalue weighted by molar-refractivity contribution is -0.252. The fourth-order valence-corrected chi connectivity index (χ4v) is 12.3. The molecular formula is C32H56O3P+. The lowest BCUT2D eigenvalue weighted by atomic mass is 9.32. The van der Waals surface area contributed by atoms with Gasteiger partial charge in [-0.1, -0.05) is 48.5 Å². The molecule has 0 saturated heterocycles. The SMILES string of the molecule is CC(C)[C@@H]1CC[C@]2(CO)CC[C@]3(C)[C@H](CC[C@@H]4[C@@]5(C)CC[C@H](OC(=O)C[PH3+])C(C)(C)[C@@H]5CC[C@]43C)[C@@H]12. The maximum atomic E-state index is 12.3. The molecule has 4 heteroatoms. The highest BCUT2D eigenvalue weighted by molar-refractivity contribution is 7.18. The highest BCUT2D eigenvalue weighted by Crippen LogP contribution is 2.77. The van der Waals surface area contributed by atoms with Gasteiger partial charge in [0.1, 0.15) is 12.3 Å². The molecule has 5 rings (SSSR count). The van der Waals surface area contributed by atoms with Crippen molar-refractivity contribution in [2.45, 2.75) is 119 Å². The molecule has 0 aliphatic heterocycles. The molecule has 5 saturated carbocycles. The zero-order valence-electron chi connectivity index (χ0n) is 24.5. The molecule has 1 unspecified atom stereocenters. The predicted octanol–water partition coefficient (Wildman–Crippen LogP) is 7.24. The van der Waals surface area contributed by atoms with Crippen molar-refractivity contribution < 1.29 is 14.6 Å². The van der Waals surface area contributed by atoms with E-state index in [4.69, 9.17) is 4.74 Å². The molecule has 206 valence electrons. The van der Waals surface area contributed by atoms with Gasteiger partial charge in [-0.25, -0.2) is 4.79 Å². The second kappa shape index (κ2) is 8.94. The van der Waals surface area contributed by atoms with E-state index < -0.39 is 0 Å². The van der Waals surface area contributed by atoms with Gasteiger partial charge >= 0.3 is 5.97 Å². The van der Waals surface area contributed by atoms with Crippen LogP contribution in [-0.4, -0.2) is 29.9 Å². The Labute approximate surface area is 223 Å². The quantitative estimate of drug-likeness (QED) is 0.315. The maximum Gasteiger partial charge on any atom is 0.343 e. The van der Waals surface area contributed by atoms with E-state index >= 15 is 0 Å². The van der Waals surface area contributed by atoms with Gasteiger partial charge in [0, 0.05) is 12.0 Å². The van der Waals surface area contributed by atoms with Crippen molar-refractivity contribution >= 4 is 15.2 Å². The average Bonchev–Trinajstić information content (AvgIpc) is 3.22. The van der Waals surface area contributed by atoms with Gasteiger partial charge in [-0.15, -0.1) is 0 Å². The molecule has 3 nitrogen and oxygen atoms in total. The molecule has 36 heavy (non-hydrogen) atoms. The van der Waals surface area contributed by atoms with Crippen LogP contribution in [0.1, 0.15) is 113 Å². The third kappa shape index (κ3) is 3.52. The number of fused-ring (bicyclic) bond motifs is 7. The summed E-state index contributed by atoms with van der Waals surface area (Å²) in [4.78, 5) is 12.3. The van der Waals surface area contributed by atoms with Crippen LogP contribution in [0.2, 0.25) is 0 Å². The van der Waals surface area contributed by atoms with E-state index in [1.165, 1.54) is 57.8 Å². The molecule has 5 aliphatic rings. The van der Waals surface area contributed by atoms with Gasteiger partial charge in [-0.05, 0) is 131 Å². The minimum Gasteiger partial charge on any atom is -0.459 e. The summed E-state index contributed by atoms with van der Waals surface area (Å²) in [5.41, 5.74) is 1.26. The number of esters is 1. The van der Waals surface area contributed by atoms with Gasteiger partial charge < -0.3 is 9.84 Å². The summed E-state index contributed by atoms with van der Waals surface area (Å²) < 4.78 is 6.07. The molecule has 0 aromatic heterocycles. The third-order valence-electron chi connectivity index (χ3n) is 14.2. The minimum atomic E-state index is -0.0190. The molecule has 0 aromatic carbocycles. The van der Waals surface area contributed by atoms with Crippen molar-refractivity contribution in [1.82, 2.24) is 0 Å². The van der Waals surface area contributed by atoms with Crippen LogP contribution in [0, 0.1) is 62.6 Å². The van der Waals surface area contributed by atoms with Crippen molar-refractivity contribution in [1.29, 1.82) is 0 Å². The van der Waals surface area contributed by atoms with E-state index in [1.807, 2.05) is 0 Å². The highest BCUT2D eigenvalue weighted by atomic mass is 31.0. The molecule has 0 aromatic rings. The molecule has 1 N–H and O–H groups in total. The Morgan fingerprint density at radius 2 is 1.61 bits per heavy atom. The average molecular weight is 520 g/mol. The number of aliphatic hydroxyl groups excluding tert-OH is 1. The van der Waals surface area contributed by atoms with Gasteiger partial charge in [-0.3, -0.25) is 0 Å². The summed E-state index contributed by atoms with van der Waals surface area (Å²) in [6, 6.07) is 0. The first-order chi connectivity index (χ1) is 16.8. The first-order valence-corrected chi connectivity index (χ1v) is 16.4. The summed E-state index contributed by atoms with van der Waals surface area (Å²) in [5.74, 6) is 4.29. The van der Waals surface area contributed by atoms with Crippen LogP contribution in [0.15, 0.2) is 0 Å². The van der Waals surface area contributed by atoms with Crippen LogP contribution in [-0.2, 0) is 9.53 Å². The second-order valence-electron chi connectivity index (χ2n) is 15.7. The highest BCUT2D eigenvalue weighted by Gasteiger charge is 2.71. The van der Waals surface area contributed by atoms with Crippen molar-refractivity contribution in [3.63, 3.8) is 0 Å². The van der Waals surface area contributed by atoms with Gasteiger partial charge in [0.05, 0.1) is 0 Å². The maximum absolute atomic E-state index is 12.3. The van der Waals surface area contributed by atoms with E-state index in [0.717, 1.165) is 24.2 Å². The molecule has 0 bridgehead atoms. The van der Waals surface area contributed by atoms with Crippen LogP contribution >= 0.6 is 9.24 Å². The summed E-state index contributed by atoms with van der Waals surface area (Å²) in [5, 5.41) is 10.7. The Kier molecular flexibility index (Phi) is 6.81. The summed E-state index contributed by atoms with van der Waals surface area (Å²) in [7, 11) is 1.71. The van der Waals surface area contributed by atoms with Crippen LogP contribution in [0.25, 0.3) is 0 Å². The van der Waals surface area contributed by atoms with Gasteiger partial charge in [0.15, 0.2) is 0 Å². The van der Waals surface area contributed by atoms with Crippen molar-refractivity contribution in [2.75, 3.05) is 12.8 Å². The zero-order chi connectivity index (χ0) is 26.3. The monoisotopic (exact) mass is 519 g/mol. The number of hydrogen-bond acceptors (Lipinski definition) is 3. The molecule has 0 radical (unpaired) electrons. The lowest BCUT2D eigenvalue weighted by Crippen LogP contribution is -2.67. The summed E-state index contributed by atoms with van der Waals surface area (Å²) in [6.07, 6.45) is 13.2. The fourth-order valence-electron chi connectivity index (χ4n) is 12.2. The van der Waals surface area contributed by atoms with E-state index in [2.05, 4.69) is 48.5 Å². The number of ether oxygens (including phenoxy) is 1. The molecule has 0 spiro atoms. The first-order valence-electron chi connectivity index (χ1n) is 15.4. The van der Waals surface area contributed by atoms with E-state index in [9.17, 15) is 9.90 Å². The Morgan fingerprint density at radius 1 is 0.889 bits per heavy atom. The number of rotatable bonds is 4. The summed E-state index contributed by atoms with van der Waals surface area (Å²) >= 11 is 0. The number of carbonyl (C=O) groups is 1. The smallest absolute Gasteiger partial charge is 0.343 e. The van der Waals surface area contributed by atoms with Gasteiger partial charge in [0.2, 0.25) is 0 Å². The van der Waals surface area contributed by atoms with E-state index in [0.29, 0.717) is 46.8 Å². The number of carbonyl (C=O) groups excluding carboxylic acids is 1. The predicted molar refractivity (Wildman–Crippen MR) is 152 cm³/mol. The summed E-state index contributed by atoms with van der Waals surface area (Å²) in [6.45, 7) is 18.1. The van der Waals surface area contributed by atoms with E-state index in [1.54, 1.807) is 9.24 Å². The second-order valence-corrected chi connectivity index (χ2v) is 16.2. The fraction of sp³-hybridized carbons (Fsp3) is 0.969. The van der Waals surface area contributed by atoms with Crippen LogP contribution < -0.4 is 0 Å². The van der Waals surface area contributed by atoms with Crippen molar-refractivity contribution in [3.05, 3.63) is 0 Å². The molecular weight excluding hydrogens is 463 g/mol. The van der Waals surface area contributed by atoms with Crippen LogP contribution in [0.3, 0.4) is 0 Å². The zero-order valence-corrected chi connectivity index (χ0v) is 25.9. The molecule has 5 fully saturated rings. The minimum absolute atomic E-state index is 0.0190. The topological polar surface area (TPSA) is 46.5 Å². The normalized spacial score (nSPS) is 51.7. The Hall–Kier alpha value is -0.140. The molecule has 0 amide bonds. The standard InChI is InChI=1S/C32H55O3P/c1-20(2)21-10-15-32(19-33)17-16-30(6)22(27(21)32)8-9-24-29(5)13-12-25(35-26(34)18-36)28(3,4)23(29)11-14-31(24,30)7/h20-25,27,33H,8-19,36H2,1-7H3/p+1/t21-,22+,23-,24+,25-,27+,29-,30+,31+,32+/m0/s1. The van der Waals surface area contributed by atoms with Crippen LogP contribution in [0.4, 0.5) is 0 Å². The Morgan fingerprint density at radius 3 is 2.25 bits per heavy atom. The number of aliphatic hydroxyl groups is 1. The third-order valence-corrected chi connectivity index (χ3v) is 14.7. The van der Waals surface area contributed by atoms with E-state index in [-0.39, 0.29) is 22.9 Å². The lowest BCUT2D eigenvalue weighted by Gasteiger charge is -2.73. The molecule has 11 atom stereocenters. The number of hydrogen-bond donors (Lipinski definition) is 1. The molecule has 5 aliphatic carbocycles. The van der Waals surface area contributed by atoms with Crippen molar-refractivity contribution in [3.8, 4) is 0 Å². The van der Waals surface area contributed by atoms with Crippen molar-refractivity contribution in [2.24, 2.45) is 62.6 Å². The largest absolute Gasteiger partial charge is 0.459 e.